The number of rotatable bonds is 5. The maximum absolute atomic E-state index is 13.5. The van der Waals surface area contributed by atoms with Gasteiger partial charge in [-0.2, -0.15) is 5.10 Å². The summed E-state index contributed by atoms with van der Waals surface area (Å²) in [5, 5.41) is 7.81. The van der Waals surface area contributed by atoms with Crippen LogP contribution in [-0.2, 0) is 14.3 Å². The standard InChI is InChI=1S/C29H26BrClN4O4/c1-18-27(19(2)35(33-18)22-8-4-3-5-9-22)25-17-38-14-13-34(25)29(37)28(36)32-24-16-21(31)11-12-26(24)39-23-10-6-7-20(30)15-23/h3-12,15-16,25H,13-14,17H2,1-2H3,(H,32,36). The van der Waals surface area contributed by atoms with Crippen molar-refractivity contribution in [2.75, 3.05) is 25.1 Å². The van der Waals surface area contributed by atoms with E-state index in [1.54, 1.807) is 35.2 Å². The quantitative estimate of drug-likeness (QED) is 0.271. The van der Waals surface area contributed by atoms with Gasteiger partial charge in [0.05, 0.1) is 36.3 Å². The molecular weight excluding hydrogens is 584 g/mol. The molecule has 0 aliphatic carbocycles. The number of hydrogen-bond acceptors (Lipinski definition) is 5. The van der Waals surface area contributed by atoms with Gasteiger partial charge in [-0.05, 0) is 62.4 Å². The van der Waals surface area contributed by atoms with Gasteiger partial charge in [0, 0.05) is 27.3 Å². The first kappa shape index (κ1) is 26.9. The number of anilines is 1. The first-order valence-electron chi connectivity index (χ1n) is 12.4. The number of amides is 2. The van der Waals surface area contributed by atoms with Crippen LogP contribution >= 0.6 is 27.5 Å². The third-order valence-electron chi connectivity index (χ3n) is 6.48. The minimum absolute atomic E-state index is 0.260. The topological polar surface area (TPSA) is 85.7 Å². The van der Waals surface area contributed by atoms with Gasteiger partial charge >= 0.3 is 11.8 Å². The molecule has 1 fully saturated rings. The number of carbonyl (C=O) groups is 2. The molecule has 1 aromatic heterocycles. The Morgan fingerprint density at radius 3 is 2.64 bits per heavy atom. The fourth-order valence-electron chi connectivity index (χ4n) is 4.70. The molecule has 0 radical (unpaired) electrons. The summed E-state index contributed by atoms with van der Waals surface area (Å²) in [6.45, 7) is 4.71. The zero-order valence-corrected chi connectivity index (χ0v) is 23.7. The number of para-hydroxylation sites is 1. The van der Waals surface area contributed by atoms with Crippen molar-refractivity contribution in [2.24, 2.45) is 0 Å². The van der Waals surface area contributed by atoms with Gasteiger partial charge in [0.1, 0.15) is 5.75 Å². The smallest absolute Gasteiger partial charge is 0.314 e. The second-order valence-electron chi connectivity index (χ2n) is 9.08. The maximum Gasteiger partial charge on any atom is 0.314 e. The summed E-state index contributed by atoms with van der Waals surface area (Å²) in [7, 11) is 0. The van der Waals surface area contributed by atoms with Crippen LogP contribution in [0, 0.1) is 13.8 Å². The van der Waals surface area contributed by atoms with Crippen molar-refractivity contribution < 1.29 is 19.1 Å². The third-order valence-corrected chi connectivity index (χ3v) is 7.21. The monoisotopic (exact) mass is 608 g/mol. The van der Waals surface area contributed by atoms with Crippen molar-refractivity contribution in [1.29, 1.82) is 0 Å². The second kappa shape index (κ2) is 11.6. The Kier molecular flexibility index (Phi) is 8.02. The van der Waals surface area contributed by atoms with Crippen molar-refractivity contribution in [3.63, 3.8) is 0 Å². The lowest BCUT2D eigenvalue weighted by Crippen LogP contribution is -2.48. The van der Waals surface area contributed by atoms with Crippen molar-refractivity contribution >= 4 is 45.0 Å². The van der Waals surface area contributed by atoms with Gasteiger partial charge in [-0.15, -0.1) is 0 Å². The van der Waals surface area contributed by atoms with Crippen LogP contribution in [0.4, 0.5) is 5.69 Å². The van der Waals surface area contributed by atoms with E-state index in [9.17, 15) is 9.59 Å². The first-order valence-corrected chi connectivity index (χ1v) is 13.5. The number of nitrogens with zero attached hydrogens (tertiary/aromatic N) is 3. The van der Waals surface area contributed by atoms with Crippen LogP contribution in [0.5, 0.6) is 11.5 Å². The van der Waals surface area contributed by atoms with Crippen LogP contribution in [-0.4, -0.2) is 46.3 Å². The Morgan fingerprint density at radius 2 is 1.87 bits per heavy atom. The third kappa shape index (κ3) is 5.85. The molecule has 5 rings (SSSR count). The molecular formula is C29H26BrClN4O4. The van der Waals surface area contributed by atoms with E-state index >= 15 is 0 Å². The van der Waals surface area contributed by atoms with Gasteiger partial charge in [-0.25, -0.2) is 4.68 Å². The highest BCUT2D eigenvalue weighted by atomic mass is 79.9. The van der Waals surface area contributed by atoms with E-state index in [4.69, 9.17) is 26.2 Å². The molecule has 1 N–H and O–H groups in total. The molecule has 2 amide bonds. The number of carbonyl (C=O) groups excluding carboxylic acids is 2. The van der Waals surface area contributed by atoms with E-state index in [1.165, 1.54) is 0 Å². The summed E-state index contributed by atoms with van der Waals surface area (Å²) < 4.78 is 14.4. The molecule has 1 atom stereocenters. The summed E-state index contributed by atoms with van der Waals surface area (Å²) in [5.41, 5.74) is 3.71. The highest BCUT2D eigenvalue weighted by molar-refractivity contribution is 9.10. The van der Waals surface area contributed by atoms with E-state index in [-0.39, 0.29) is 18.8 Å². The fourth-order valence-corrected chi connectivity index (χ4v) is 5.25. The fraction of sp³-hybridized carbons (Fsp3) is 0.207. The van der Waals surface area contributed by atoms with Crippen molar-refractivity contribution in [1.82, 2.24) is 14.7 Å². The molecule has 1 unspecified atom stereocenters. The number of nitrogens with one attached hydrogen (secondary N) is 1. The largest absolute Gasteiger partial charge is 0.455 e. The van der Waals surface area contributed by atoms with Crippen molar-refractivity contribution in [3.05, 3.63) is 99.2 Å². The van der Waals surface area contributed by atoms with Crippen LogP contribution in [0.15, 0.2) is 77.3 Å². The van der Waals surface area contributed by atoms with E-state index in [1.807, 2.05) is 61.0 Å². The molecule has 200 valence electrons. The molecule has 4 aromatic rings. The van der Waals surface area contributed by atoms with E-state index in [0.29, 0.717) is 23.1 Å². The predicted molar refractivity (Wildman–Crippen MR) is 153 cm³/mol. The normalized spacial score (nSPS) is 15.2. The Hall–Kier alpha value is -3.66. The van der Waals surface area contributed by atoms with E-state index < -0.39 is 17.9 Å². The number of benzene rings is 3. The number of halogens is 2. The summed E-state index contributed by atoms with van der Waals surface area (Å²) >= 11 is 9.63. The van der Waals surface area contributed by atoms with E-state index in [2.05, 4.69) is 21.2 Å². The average Bonchev–Trinajstić information content (AvgIpc) is 3.23. The molecule has 0 bridgehead atoms. The lowest BCUT2D eigenvalue weighted by Gasteiger charge is -2.35. The van der Waals surface area contributed by atoms with Gasteiger partial charge in [0.15, 0.2) is 5.75 Å². The Labute approximate surface area is 239 Å². The maximum atomic E-state index is 13.5. The summed E-state index contributed by atoms with van der Waals surface area (Å²) in [4.78, 5) is 28.4. The van der Waals surface area contributed by atoms with Crippen LogP contribution in [0.1, 0.15) is 23.0 Å². The molecule has 10 heteroatoms. The second-order valence-corrected chi connectivity index (χ2v) is 10.4. The van der Waals surface area contributed by atoms with Crippen LogP contribution in [0.25, 0.3) is 5.69 Å². The Bertz CT molecular complexity index is 1530. The minimum Gasteiger partial charge on any atom is -0.455 e. The molecule has 1 aliphatic rings. The van der Waals surface area contributed by atoms with Gasteiger partial charge in [0.2, 0.25) is 0 Å². The van der Waals surface area contributed by atoms with Crippen molar-refractivity contribution in [2.45, 2.75) is 19.9 Å². The summed E-state index contributed by atoms with van der Waals surface area (Å²) in [5.74, 6) is -0.562. The highest BCUT2D eigenvalue weighted by Crippen LogP contribution is 2.34. The summed E-state index contributed by atoms with van der Waals surface area (Å²) in [6, 6.07) is 21.4. The zero-order valence-electron chi connectivity index (χ0n) is 21.4. The van der Waals surface area contributed by atoms with Gasteiger partial charge in [-0.1, -0.05) is 51.8 Å². The van der Waals surface area contributed by atoms with Gasteiger partial charge in [-0.3, -0.25) is 9.59 Å². The number of aryl methyl sites for hydroxylation is 1. The molecule has 8 nitrogen and oxygen atoms in total. The Balaban J connectivity index is 1.40. The van der Waals surface area contributed by atoms with Crippen molar-refractivity contribution in [3.8, 4) is 17.2 Å². The zero-order chi connectivity index (χ0) is 27.5. The molecule has 2 heterocycles. The van der Waals surface area contributed by atoms with Gasteiger partial charge in [0.25, 0.3) is 0 Å². The Morgan fingerprint density at radius 1 is 1.08 bits per heavy atom. The predicted octanol–water partition coefficient (Wildman–Crippen LogP) is 6.24. The lowest BCUT2D eigenvalue weighted by atomic mass is 10.0. The van der Waals surface area contributed by atoms with E-state index in [0.717, 1.165) is 27.1 Å². The molecule has 0 saturated carbocycles. The lowest BCUT2D eigenvalue weighted by molar-refractivity contribution is -0.149. The minimum atomic E-state index is -0.797. The number of morpholine rings is 1. The first-order chi connectivity index (χ1) is 18.8. The summed E-state index contributed by atoms with van der Waals surface area (Å²) in [6.07, 6.45) is 0. The van der Waals surface area contributed by atoms with Gasteiger partial charge < -0.3 is 19.7 Å². The molecule has 1 aliphatic heterocycles. The average molecular weight is 610 g/mol. The van der Waals surface area contributed by atoms with Crippen LogP contribution < -0.4 is 10.1 Å². The molecule has 1 saturated heterocycles. The molecule has 3 aromatic carbocycles. The highest BCUT2D eigenvalue weighted by Gasteiger charge is 2.36. The SMILES string of the molecule is Cc1nn(-c2ccccc2)c(C)c1C1COCCN1C(=O)C(=O)Nc1cc(Cl)ccc1Oc1cccc(Br)c1. The number of hydrogen-bond donors (Lipinski definition) is 1. The van der Waals surface area contributed by atoms with Crippen LogP contribution in [0.2, 0.25) is 5.02 Å². The molecule has 39 heavy (non-hydrogen) atoms. The van der Waals surface area contributed by atoms with Crippen LogP contribution in [0.3, 0.4) is 0 Å². The number of aromatic nitrogens is 2. The molecule has 0 spiro atoms. The number of ether oxygens (including phenoxy) is 2.